The van der Waals surface area contributed by atoms with Crippen LogP contribution in [0.1, 0.15) is 6.92 Å². The van der Waals surface area contributed by atoms with Crippen molar-refractivity contribution in [3.8, 4) is 0 Å². The summed E-state index contributed by atoms with van der Waals surface area (Å²) in [7, 11) is -7.57. The lowest BCUT2D eigenvalue weighted by atomic mass is 10.1. The number of sulfone groups is 1. The van der Waals surface area contributed by atoms with Crippen LogP contribution in [0.4, 0.5) is 5.69 Å². The Balaban J connectivity index is 2.27. The van der Waals surface area contributed by atoms with E-state index in [4.69, 9.17) is 4.18 Å². The number of nitro benzene ring substituents is 1. The number of rotatable bonds is 4. The lowest BCUT2D eigenvalue weighted by molar-refractivity contribution is -0.385. The Morgan fingerprint density at radius 2 is 2.00 bits per heavy atom. The first-order valence-electron chi connectivity index (χ1n) is 5.99. The van der Waals surface area contributed by atoms with Crippen LogP contribution in [0.2, 0.25) is 0 Å². The molecule has 1 aromatic rings. The fourth-order valence-corrected chi connectivity index (χ4v) is 5.42. The van der Waals surface area contributed by atoms with Gasteiger partial charge in [0.25, 0.3) is 15.8 Å². The normalized spacial score (nSPS) is 24.8. The lowest BCUT2D eigenvalue weighted by Gasteiger charge is -2.14. The standard InChI is InChI=1S/C11H13NO7S2/c1-8-6-20(15,16)7-11(8)19-21(17,18)10-4-2-3-9(5-10)12(13)14/h2-5,8,11H,6-7H2,1H3. The highest BCUT2D eigenvalue weighted by molar-refractivity contribution is 7.91. The topological polar surface area (TPSA) is 121 Å². The average Bonchev–Trinajstić information content (AvgIpc) is 2.61. The van der Waals surface area contributed by atoms with Crippen LogP contribution in [0.25, 0.3) is 0 Å². The predicted molar refractivity (Wildman–Crippen MR) is 73.0 cm³/mol. The van der Waals surface area contributed by atoms with Crippen molar-refractivity contribution in [3.63, 3.8) is 0 Å². The predicted octanol–water partition coefficient (Wildman–Crippen LogP) is 0.733. The monoisotopic (exact) mass is 335 g/mol. The molecule has 0 radical (unpaired) electrons. The second-order valence-corrected chi connectivity index (χ2v) is 8.62. The molecule has 0 spiro atoms. The molecule has 2 atom stereocenters. The summed E-state index contributed by atoms with van der Waals surface area (Å²) in [6, 6.07) is 4.42. The summed E-state index contributed by atoms with van der Waals surface area (Å²) in [6.45, 7) is 1.58. The Bertz CT molecular complexity index is 770. The summed E-state index contributed by atoms with van der Waals surface area (Å²) in [4.78, 5) is 9.56. The Kier molecular flexibility index (Phi) is 4.04. The van der Waals surface area contributed by atoms with Crippen LogP contribution >= 0.6 is 0 Å². The van der Waals surface area contributed by atoms with Crippen LogP contribution in [0, 0.1) is 16.0 Å². The molecule has 1 saturated heterocycles. The van der Waals surface area contributed by atoms with E-state index < -0.39 is 36.9 Å². The molecule has 0 aliphatic carbocycles. The lowest BCUT2D eigenvalue weighted by Crippen LogP contribution is -2.24. The van der Waals surface area contributed by atoms with Gasteiger partial charge in [-0.1, -0.05) is 13.0 Å². The number of benzene rings is 1. The maximum absolute atomic E-state index is 12.1. The van der Waals surface area contributed by atoms with E-state index in [-0.39, 0.29) is 22.1 Å². The second-order valence-electron chi connectivity index (χ2n) is 4.90. The summed E-state index contributed by atoms with van der Waals surface area (Å²) in [5.74, 6) is -0.965. The van der Waals surface area contributed by atoms with Crippen LogP contribution in [0.5, 0.6) is 0 Å². The summed E-state index contributed by atoms with van der Waals surface area (Å²) in [5.41, 5.74) is -0.383. The van der Waals surface area contributed by atoms with Crippen LogP contribution in [0.15, 0.2) is 29.2 Å². The minimum atomic E-state index is -4.25. The molecule has 1 aliphatic rings. The third-order valence-electron chi connectivity index (χ3n) is 3.14. The van der Waals surface area contributed by atoms with Crippen molar-refractivity contribution in [2.45, 2.75) is 17.9 Å². The molecule has 2 unspecified atom stereocenters. The van der Waals surface area contributed by atoms with Gasteiger partial charge in [-0.3, -0.25) is 14.3 Å². The van der Waals surface area contributed by atoms with E-state index >= 15 is 0 Å². The highest BCUT2D eigenvalue weighted by Gasteiger charge is 2.38. The number of nitrogens with zero attached hydrogens (tertiary/aromatic N) is 1. The van der Waals surface area contributed by atoms with Gasteiger partial charge in [-0.15, -0.1) is 0 Å². The number of hydrogen-bond acceptors (Lipinski definition) is 7. The number of nitro groups is 1. The Morgan fingerprint density at radius 3 is 2.52 bits per heavy atom. The van der Waals surface area contributed by atoms with E-state index in [2.05, 4.69) is 0 Å². The zero-order valence-electron chi connectivity index (χ0n) is 11.0. The van der Waals surface area contributed by atoms with Gasteiger partial charge in [0.05, 0.1) is 22.5 Å². The molecule has 116 valence electrons. The van der Waals surface area contributed by atoms with Crippen LogP contribution < -0.4 is 0 Å². The Labute approximate surface area is 121 Å². The largest absolute Gasteiger partial charge is 0.297 e. The van der Waals surface area contributed by atoms with E-state index in [1.54, 1.807) is 6.92 Å². The quantitative estimate of drug-likeness (QED) is 0.452. The van der Waals surface area contributed by atoms with Gasteiger partial charge in [0.1, 0.15) is 4.90 Å². The molecule has 0 saturated carbocycles. The van der Waals surface area contributed by atoms with E-state index in [9.17, 15) is 26.9 Å². The third-order valence-corrected chi connectivity index (χ3v) is 6.34. The molecule has 21 heavy (non-hydrogen) atoms. The van der Waals surface area contributed by atoms with Crippen molar-refractivity contribution in [1.29, 1.82) is 0 Å². The first-order valence-corrected chi connectivity index (χ1v) is 9.22. The van der Waals surface area contributed by atoms with Gasteiger partial charge in [-0.05, 0) is 12.0 Å². The second kappa shape index (κ2) is 5.35. The minimum absolute atomic E-state index is 0.137. The van der Waals surface area contributed by atoms with Crippen LogP contribution in [-0.4, -0.2) is 39.4 Å². The molecule has 2 rings (SSSR count). The molecule has 1 heterocycles. The number of hydrogen-bond donors (Lipinski definition) is 0. The SMILES string of the molecule is CC1CS(=O)(=O)CC1OS(=O)(=O)c1cccc([N+](=O)[O-])c1. The van der Waals surface area contributed by atoms with Gasteiger partial charge in [-0.25, -0.2) is 8.42 Å². The van der Waals surface area contributed by atoms with E-state index in [0.717, 1.165) is 18.2 Å². The zero-order valence-corrected chi connectivity index (χ0v) is 12.6. The van der Waals surface area contributed by atoms with Gasteiger partial charge in [-0.2, -0.15) is 8.42 Å². The van der Waals surface area contributed by atoms with Gasteiger partial charge in [0.2, 0.25) is 0 Å². The molecule has 1 aromatic carbocycles. The number of non-ortho nitro benzene ring substituents is 1. The molecule has 0 amide bonds. The average molecular weight is 335 g/mol. The zero-order chi connectivity index (χ0) is 15.8. The summed E-state index contributed by atoms with van der Waals surface area (Å²) in [5, 5.41) is 10.7. The highest BCUT2D eigenvalue weighted by Crippen LogP contribution is 2.26. The Hall–Kier alpha value is -1.52. The van der Waals surface area contributed by atoms with Crippen LogP contribution in [0.3, 0.4) is 0 Å². The fraction of sp³-hybridized carbons (Fsp3) is 0.455. The van der Waals surface area contributed by atoms with Crippen molar-refractivity contribution in [1.82, 2.24) is 0 Å². The maximum Gasteiger partial charge on any atom is 0.297 e. The Morgan fingerprint density at radius 1 is 1.33 bits per heavy atom. The van der Waals surface area contributed by atoms with Gasteiger partial charge < -0.3 is 0 Å². The fourth-order valence-electron chi connectivity index (χ4n) is 2.08. The molecular weight excluding hydrogens is 322 g/mol. The summed E-state index contributed by atoms with van der Waals surface area (Å²) in [6.07, 6.45) is -0.973. The van der Waals surface area contributed by atoms with Gasteiger partial charge in [0.15, 0.2) is 9.84 Å². The molecule has 0 aromatic heterocycles. The van der Waals surface area contributed by atoms with E-state index in [1.165, 1.54) is 6.07 Å². The third kappa shape index (κ3) is 3.57. The first-order chi connectivity index (χ1) is 9.61. The molecule has 1 fully saturated rings. The van der Waals surface area contributed by atoms with E-state index in [1.807, 2.05) is 0 Å². The van der Waals surface area contributed by atoms with Gasteiger partial charge >= 0.3 is 0 Å². The van der Waals surface area contributed by atoms with Crippen molar-refractivity contribution < 1.29 is 25.9 Å². The molecule has 10 heteroatoms. The van der Waals surface area contributed by atoms with Crippen molar-refractivity contribution in [2.75, 3.05) is 11.5 Å². The van der Waals surface area contributed by atoms with Crippen molar-refractivity contribution in [2.24, 2.45) is 5.92 Å². The van der Waals surface area contributed by atoms with Gasteiger partial charge in [0, 0.05) is 12.1 Å². The highest BCUT2D eigenvalue weighted by atomic mass is 32.2. The molecular formula is C11H13NO7S2. The minimum Gasteiger partial charge on any atom is -0.262 e. The maximum atomic E-state index is 12.1. The summed E-state index contributed by atoms with van der Waals surface area (Å²) < 4.78 is 52.0. The van der Waals surface area contributed by atoms with E-state index in [0.29, 0.717) is 0 Å². The van der Waals surface area contributed by atoms with Crippen molar-refractivity contribution in [3.05, 3.63) is 34.4 Å². The molecule has 0 N–H and O–H groups in total. The van der Waals surface area contributed by atoms with Crippen molar-refractivity contribution >= 4 is 25.6 Å². The smallest absolute Gasteiger partial charge is 0.262 e. The first kappa shape index (κ1) is 15.9. The molecule has 8 nitrogen and oxygen atoms in total. The summed E-state index contributed by atoms with van der Waals surface area (Å²) >= 11 is 0. The molecule has 1 aliphatic heterocycles. The van der Waals surface area contributed by atoms with Crippen LogP contribution in [-0.2, 0) is 24.1 Å². The molecule has 0 bridgehead atoms.